The van der Waals surface area contributed by atoms with Gasteiger partial charge in [0.1, 0.15) is 5.69 Å². The summed E-state index contributed by atoms with van der Waals surface area (Å²) in [5, 5.41) is 14.7. The molecule has 146 valence electrons. The van der Waals surface area contributed by atoms with Crippen molar-refractivity contribution >= 4 is 11.0 Å². The lowest BCUT2D eigenvalue weighted by atomic mass is 10.0. The molecule has 6 heteroatoms. The summed E-state index contributed by atoms with van der Waals surface area (Å²) in [5.41, 5.74) is 6.92. The molecule has 6 nitrogen and oxygen atoms in total. The summed E-state index contributed by atoms with van der Waals surface area (Å²) >= 11 is 0. The van der Waals surface area contributed by atoms with Crippen molar-refractivity contribution in [2.24, 2.45) is 5.92 Å². The lowest BCUT2D eigenvalue weighted by Crippen LogP contribution is -2.11. The Labute approximate surface area is 165 Å². The number of hydrogen-bond donors (Lipinski definition) is 1. The van der Waals surface area contributed by atoms with E-state index in [1.807, 2.05) is 0 Å². The van der Waals surface area contributed by atoms with Crippen molar-refractivity contribution in [1.29, 1.82) is 0 Å². The maximum atomic E-state index is 5.14. The van der Waals surface area contributed by atoms with E-state index in [-0.39, 0.29) is 0 Å². The number of nitrogens with zero attached hydrogens (tertiary/aromatic N) is 5. The average Bonchev–Trinajstić information content (AvgIpc) is 3.60. The Morgan fingerprint density at radius 1 is 1.11 bits per heavy atom. The molecular formula is C22H28N6. The van der Waals surface area contributed by atoms with Gasteiger partial charge in [0.15, 0.2) is 5.65 Å². The lowest BCUT2D eigenvalue weighted by Gasteiger charge is -2.13. The van der Waals surface area contributed by atoms with Gasteiger partial charge in [-0.3, -0.25) is 4.68 Å². The molecule has 3 aromatic heterocycles. The molecule has 0 amide bonds. The van der Waals surface area contributed by atoms with Crippen molar-refractivity contribution < 1.29 is 0 Å². The van der Waals surface area contributed by atoms with Crippen LogP contribution in [0, 0.1) is 12.8 Å². The predicted octanol–water partition coefficient (Wildman–Crippen LogP) is 3.94. The molecular weight excluding hydrogens is 348 g/mol. The highest BCUT2D eigenvalue weighted by molar-refractivity contribution is 5.86. The highest BCUT2D eigenvalue weighted by Crippen LogP contribution is 2.46. The maximum absolute atomic E-state index is 5.14. The fraction of sp³-hybridized carbons (Fsp3) is 0.591. The monoisotopic (exact) mass is 376 g/mol. The summed E-state index contributed by atoms with van der Waals surface area (Å²) in [6.07, 6.45) is 6.32. The zero-order chi connectivity index (χ0) is 18.8. The molecule has 0 spiro atoms. The van der Waals surface area contributed by atoms with Crippen molar-refractivity contribution in [2.45, 2.75) is 71.0 Å². The van der Waals surface area contributed by atoms with Crippen LogP contribution in [0.4, 0.5) is 0 Å². The van der Waals surface area contributed by atoms with Crippen LogP contribution in [-0.2, 0) is 13.1 Å². The van der Waals surface area contributed by atoms with E-state index in [0.717, 1.165) is 54.7 Å². The third-order valence-corrected chi connectivity index (χ3v) is 6.73. The van der Waals surface area contributed by atoms with Crippen LogP contribution in [0.2, 0.25) is 0 Å². The fourth-order valence-electron chi connectivity index (χ4n) is 4.74. The molecule has 2 saturated carbocycles. The molecule has 3 aliphatic rings. The van der Waals surface area contributed by atoms with E-state index >= 15 is 0 Å². The molecule has 2 aliphatic carbocycles. The van der Waals surface area contributed by atoms with Gasteiger partial charge in [0, 0.05) is 18.5 Å². The molecule has 1 N–H and O–H groups in total. The van der Waals surface area contributed by atoms with E-state index in [2.05, 4.69) is 40.7 Å². The van der Waals surface area contributed by atoms with Crippen LogP contribution in [0.15, 0.2) is 12.1 Å². The van der Waals surface area contributed by atoms with Crippen LogP contribution in [0.3, 0.4) is 0 Å². The van der Waals surface area contributed by atoms with Gasteiger partial charge >= 0.3 is 0 Å². The molecule has 4 heterocycles. The van der Waals surface area contributed by atoms with Crippen molar-refractivity contribution in [3.05, 3.63) is 29.1 Å². The molecule has 1 aliphatic heterocycles. The Kier molecular flexibility index (Phi) is 3.67. The molecule has 1 atom stereocenters. The standard InChI is InChI=1S/C22H28N6/c1-13-21-18(16-6-7-16)11-19(20-10-17-12-23-8-3-9-27(17)26-20)24-22(21)28(25-13)14(2)15-4-5-15/h10-11,14-16,23H,3-9,12H2,1-2H3. The third-order valence-electron chi connectivity index (χ3n) is 6.73. The molecule has 3 aromatic rings. The Hall–Kier alpha value is -2.21. The SMILES string of the molecule is Cc1nn(C(C)C2CC2)c2nc(-c3cc4n(n3)CCCNC4)cc(C3CC3)c12. The zero-order valence-electron chi connectivity index (χ0n) is 16.8. The quantitative estimate of drug-likeness (QED) is 0.749. The second-order valence-electron chi connectivity index (χ2n) is 8.95. The number of hydrogen-bond acceptors (Lipinski definition) is 4. The summed E-state index contributed by atoms with van der Waals surface area (Å²) in [6, 6.07) is 4.95. The second-order valence-corrected chi connectivity index (χ2v) is 8.95. The summed E-state index contributed by atoms with van der Waals surface area (Å²) in [6.45, 7) is 7.39. The highest BCUT2D eigenvalue weighted by atomic mass is 15.3. The first-order valence-corrected chi connectivity index (χ1v) is 10.9. The van der Waals surface area contributed by atoms with Gasteiger partial charge in [-0.15, -0.1) is 0 Å². The largest absolute Gasteiger partial charge is 0.311 e. The van der Waals surface area contributed by atoms with Gasteiger partial charge in [0.25, 0.3) is 0 Å². The summed E-state index contributed by atoms with van der Waals surface area (Å²) in [7, 11) is 0. The van der Waals surface area contributed by atoms with E-state index in [1.54, 1.807) is 0 Å². The smallest absolute Gasteiger partial charge is 0.159 e. The van der Waals surface area contributed by atoms with E-state index < -0.39 is 0 Å². The van der Waals surface area contributed by atoms with Crippen molar-refractivity contribution in [3.8, 4) is 11.4 Å². The number of rotatable bonds is 4. The first-order valence-electron chi connectivity index (χ1n) is 10.9. The van der Waals surface area contributed by atoms with Gasteiger partial charge in [-0.2, -0.15) is 10.2 Å². The minimum Gasteiger partial charge on any atom is -0.311 e. The molecule has 0 radical (unpaired) electrons. The number of fused-ring (bicyclic) bond motifs is 2. The first kappa shape index (κ1) is 16.7. The Bertz CT molecular complexity index is 1030. The second kappa shape index (κ2) is 6.14. The Morgan fingerprint density at radius 3 is 2.75 bits per heavy atom. The van der Waals surface area contributed by atoms with Crippen LogP contribution in [0.1, 0.15) is 67.9 Å². The number of aryl methyl sites for hydroxylation is 2. The van der Waals surface area contributed by atoms with Crippen LogP contribution < -0.4 is 5.32 Å². The summed E-state index contributed by atoms with van der Waals surface area (Å²) in [5.74, 6) is 1.42. The van der Waals surface area contributed by atoms with Crippen molar-refractivity contribution in [3.63, 3.8) is 0 Å². The highest BCUT2D eigenvalue weighted by Gasteiger charge is 2.34. The normalized spacial score (nSPS) is 20.9. The number of aromatic nitrogens is 5. The maximum Gasteiger partial charge on any atom is 0.159 e. The number of nitrogens with one attached hydrogen (secondary N) is 1. The Morgan fingerprint density at radius 2 is 1.96 bits per heavy atom. The molecule has 2 fully saturated rings. The summed E-state index contributed by atoms with van der Waals surface area (Å²) < 4.78 is 4.37. The topological polar surface area (TPSA) is 60.6 Å². The molecule has 0 aromatic carbocycles. The molecule has 0 saturated heterocycles. The first-order chi connectivity index (χ1) is 13.7. The molecule has 0 bridgehead atoms. The predicted molar refractivity (Wildman–Crippen MR) is 109 cm³/mol. The van der Waals surface area contributed by atoms with Crippen LogP contribution >= 0.6 is 0 Å². The van der Waals surface area contributed by atoms with Gasteiger partial charge in [-0.05, 0) is 82.0 Å². The van der Waals surface area contributed by atoms with E-state index in [9.17, 15) is 0 Å². The van der Waals surface area contributed by atoms with Gasteiger partial charge in [-0.25, -0.2) is 9.67 Å². The fourth-order valence-corrected chi connectivity index (χ4v) is 4.74. The minimum atomic E-state index is 0.425. The number of pyridine rings is 1. The lowest BCUT2D eigenvalue weighted by molar-refractivity contribution is 0.448. The van der Waals surface area contributed by atoms with Gasteiger partial charge < -0.3 is 5.32 Å². The minimum absolute atomic E-state index is 0.425. The molecule has 1 unspecified atom stereocenters. The van der Waals surface area contributed by atoms with E-state index in [4.69, 9.17) is 15.2 Å². The Balaban J connectivity index is 1.52. The van der Waals surface area contributed by atoms with Crippen molar-refractivity contribution in [1.82, 2.24) is 29.9 Å². The zero-order valence-corrected chi connectivity index (χ0v) is 16.8. The average molecular weight is 377 g/mol. The van der Waals surface area contributed by atoms with Gasteiger partial charge in [-0.1, -0.05) is 0 Å². The summed E-state index contributed by atoms with van der Waals surface area (Å²) in [4.78, 5) is 5.14. The van der Waals surface area contributed by atoms with Gasteiger partial charge in [0.05, 0.1) is 23.1 Å². The molecule has 28 heavy (non-hydrogen) atoms. The van der Waals surface area contributed by atoms with E-state index in [0.29, 0.717) is 12.0 Å². The van der Waals surface area contributed by atoms with Crippen LogP contribution in [0.5, 0.6) is 0 Å². The molecule has 6 rings (SSSR count). The third kappa shape index (κ3) is 2.69. The van der Waals surface area contributed by atoms with Gasteiger partial charge in [0.2, 0.25) is 0 Å². The van der Waals surface area contributed by atoms with E-state index in [1.165, 1.54) is 42.3 Å². The van der Waals surface area contributed by atoms with Crippen LogP contribution in [0.25, 0.3) is 22.4 Å². The van der Waals surface area contributed by atoms with Crippen LogP contribution in [-0.4, -0.2) is 31.1 Å². The van der Waals surface area contributed by atoms with Crippen molar-refractivity contribution in [2.75, 3.05) is 6.54 Å².